The van der Waals surface area contributed by atoms with Crippen LogP contribution in [-0.4, -0.2) is 30.8 Å². The molecule has 17 heavy (non-hydrogen) atoms. The average Bonchev–Trinajstić information content (AvgIpc) is 3.06. The van der Waals surface area contributed by atoms with Crippen molar-refractivity contribution in [2.24, 2.45) is 5.41 Å². The summed E-state index contributed by atoms with van der Waals surface area (Å²) in [6.45, 7) is 2.92. The van der Waals surface area contributed by atoms with Crippen molar-refractivity contribution in [3.8, 4) is 0 Å². The molecule has 3 rings (SSSR count). The zero-order valence-electron chi connectivity index (χ0n) is 10.2. The standard InChI is InChI=1S/C13H20N2OS/c1-4-13(10-16-6-1,9-15-11-2-3-11)8-12-14-5-7-17-12/h5,7,11,15H,1-4,6,8-10H2. The highest BCUT2D eigenvalue weighted by atomic mass is 32.1. The second-order valence-electron chi connectivity index (χ2n) is 5.41. The van der Waals surface area contributed by atoms with Crippen LogP contribution in [0.2, 0.25) is 0 Å². The highest BCUT2D eigenvalue weighted by Gasteiger charge is 2.35. The van der Waals surface area contributed by atoms with Gasteiger partial charge in [0.2, 0.25) is 0 Å². The maximum Gasteiger partial charge on any atom is 0.0931 e. The fourth-order valence-electron chi connectivity index (χ4n) is 2.56. The third-order valence-corrected chi connectivity index (χ3v) is 4.54. The Morgan fingerprint density at radius 1 is 1.53 bits per heavy atom. The van der Waals surface area contributed by atoms with Crippen LogP contribution in [0.1, 0.15) is 30.7 Å². The molecule has 2 aliphatic rings. The maximum atomic E-state index is 5.72. The van der Waals surface area contributed by atoms with E-state index in [0.29, 0.717) is 5.41 Å². The molecule has 1 N–H and O–H groups in total. The van der Waals surface area contributed by atoms with E-state index < -0.39 is 0 Å². The summed E-state index contributed by atoms with van der Waals surface area (Å²) in [4.78, 5) is 4.43. The summed E-state index contributed by atoms with van der Waals surface area (Å²) in [5.41, 5.74) is 0.290. The summed E-state index contributed by atoms with van der Waals surface area (Å²) < 4.78 is 5.72. The number of thiazole rings is 1. The van der Waals surface area contributed by atoms with Crippen LogP contribution >= 0.6 is 11.3 Å². The topological polar surface area (TPSA) is 34.1 Å². The summed E-state index contributed by atoms with van der Waals surface area (Å²) in [5.74, 6) is 0. The molecule has 94 valence electrons. The summed E-state index contributed by atoms with van der Waals surface area (Å²) in [6, 6.07) is 0.782. The van der Waals surface area contributed by atoms with Gasteiger partial charge < -0.3 is 10.1 Å². The molecular weight excluding hydrogens is 232 g/mol. The lowest BCUT2D eigenvalue weighted by molar-refractivity contribution is -0.00736. The van der Waals surface area contributed by atoms with Gasteiger partial charge in [0.05, 0.1) is 11.6 Å². The SMILES string of the molecule is c1csc(CC2(CNC3CC3)CCCOC2)n1. The third-order valence-electron chi connectivity index (χ3n) is 3.76. The second kappa shape index (κ2) is 5.04. The quantitative estimate of drug-likeness (QED) is 0.872. The van der Waals surface area contributed by atoms with Crippen LogP contribution in [0.4, 0.5) is 0 Å². The van der Waals surface area contributed by atoms with Crippen molar-refractivity contribution in [3.63, 3.8) is 0 Å². The van der Waals surface area contributed by atoms with Crippen LogP contribution in [0, 0.1) is 5.41 Å². The molecule has 1 saturated heterocycles. The molecule has 0 spiro atoms. The minimum Gasteiger partial charge on any atom is -0.381 e. The first-order valence-electron chi connectivity index (χ1n) is 6.56. The van der Waals surface area contributed by atoms with Crippen LogP contribution in [0.5, 0.6) is 0 Å². The summed E-state index contributed by atoms with van der Waals surface area (Å²) in [6.07, 6.45) is 8.16. The smallest absolute Gasteiger partial charge is 0.0931 e. The fourth-order valence-corrected chi connectivity index (χ4v) is 3.35. The van der Waals surface area contributed by atoms with Crippen LogP contribution in [0.25, 0.3) is 0 Å². The van der Waals surface area contributed by atoms with Crippen molar-refractivity contribution < 1.29 is 4.74 Å². The van der Waals surface area contributed by atoms with Crippen LogP contribution in [-0.2, 0) is 11.2 Å². The Morgan fingerprint density at radius 2 is 2.47 bits per heavy atom. The number of aromatic nitrogens is 1. The Morgan fingerprint density at radius 3 is 3.12 bits per heavy atom. The fraction of sp³-hybridized carbons (Fsp3) is 0.769. The second-order valence-corrected chi connectivity index (χ2v) is 6.39. The number of ether oxygens (including phenoxy) is 1. The molecule has 1 unspecified atom stereocenters. The van der Waals surface area contributed by atoms with Crippen molar-refractivity contribution >= 4 is 11.3 Å². The molecule has 4 heteroatoms. The van der Waals surface area contributed by atoms with Gasteiger partial charge in [0.25, 0.3) is 0 Å². The molecule has 2 heterocycles. The van der Waals surface area contributed by atoms with E-state index in [9.17, 15) is 0 Å². The van der Waals surface area contributed by atoms with E-state index in [0.717, 1.165) is 32.2 Å². The third kappa shape index (κ3) is 3.06. The highest BCUT2D eigenvalue weighted by Crippen LogP contribution is 2.33. The zero-order valence-corrected chi connectivity index (χ0v) is 11.0. The number of nitrogens with one attached hydrogen (secondary N) is 1. The summed E-state index contributed by atoms with van der Waals surface area (Å²) in [5, 5.41) is 7.00. The minimum absolute atomic E-state index is 0.290. The van der Waals surface area contributed by atoms with E-state index in [1.807, 2.05) is 6.20 Å². The Balaban J connectivity index is 1.65. The molecule has 1 aliphatic heterocycles. The molecule has 0 aromatic carbocycles. The van der Waals surface area contributed by atoms with Gasteiger partial charge in [0, 0.05) is 42.6 Å². The monoisotopic (exact) mass is 252 g/mol. The lowest BCUT2D eigenvalue weighted by atomic mass is 9.79. The van der Waals surface area contributed by atoms with E-state index in [1.54, 1.807) is 11.3 Å². The molecule has 1 aromatic rings. The van der Waals surface area contributed by atoms with E-state index in [-0.39, 0.29) is 0 Å². The minimum atomic E-state index is 0.290. The molecule has 0 radical (unpaired) electrons. The van der Waals surface area contributed by atoms with Crippen molar-refractivity contribution in [3.05, 3.63) is 16.6 Å². The molecular formula is C13H20N2OS. The van der Waals surface area contributed by atoms with E-state index in [1.165, 1.54) is 30.7 Å². The Hall–Kier alpha value is -0.450. The van der Waals surface area contributed by atoms with Gasteiger partial charge in [-0.15, -0.1) is 11.3 Å². The van der Waals surface area contributed by atoms with Crippen LogP contribution in [0.15, 0.2) is 11.6 Å². The maximum absolute atomic E-state index is 5.72. The molecule has 2 fully saturated rings. The van der Waals surface area contributed by atoms with Gasteiger partial charge in [0.15, 0.2) is 0 Å². The molecule has 1 aliphatic carbocycles. The normalized spacial score (nSPS) is 29.4. The Kier molecular flexibility index (Phi) is 3.45. The number of rotatable bonds is 5. The largest absolute Gasteiger partial charge is 0.381 e. The van der Waals surface area contributed by atoms with E-state index >= 15 is 0 Å². The average molecular weight is 252 g/mol. The molecule has 1 saturated carbocycles. The Bertz CT molecular complexity index is 342. The van der Waals surface area contributed by atoms with Crippen molar-refractivity contribution in [2.45, 2.75) is 38.1 Å². The summed E-state index contributed by atoms with van der Waals surface area (Å²) >= 11 is 1.77. The van der Waals surface area contributed by atoms with Gasteiger partial charge in [0.1, 0.15) is 0 Å². The first-order chi connectivity index (χ1) is 8.36. The zero-order chi connectivity index (χ0) is 11.6. The summed E-state index contributed by atoms with van der Waals surface area (Å²) in [7, 11) is 0. The van der Waals surface area contributed by atoms with Crippen LogP contribution in [0.3, 0.4) is 0 Å². The predicted octanol–water partition coefficient (Wildman–Crippen LogP) is 2.23. The number of hydrogen-bond acceptors (Lipinski definition) is 4. The van der Waals surface area contributed by atoms with E-state index in [2.05, 4.69) is 15.7 Å². The Labute approximate surface area is 107 Å². The van der Waals surface area contributed by atoms with Gasteiger partial charge in [-0.05, 0) is 25.7 Å². The van der Waals surface area contributed by atoms with Crippen LogP contribution < -0.4 is 5.32 Å². The first kappa shape index (κ1) is 11.6. The highest BCUT2D eigenvalue weighted by molar-refractivity contribution is 7.09. The molecule has 3 nitrogen and oxygen atoms in total. The van der Waals surface area contributed by atoms with Gasteiger partial charge in [-0.2, -0.15) is 0 Å². The molecule has 1 aromatic heterocycles. The van der Waals surface area contributed by atoms with Gasteiger partial charge in [-0.3, -0.25) is 0 Å². The molecule has 0 amide bonds. The van der Waals surface area contributed by atoms with Crippen molar-refractivity contribution in [1.82, 2.24) is 10.3 Å². The number of nitrogens with zero attached hydrogens (tertiary/aromatic N) is 1. The lowest BCUT2D eigenvalue weighted by Crippen LogP contribution is -2.43. The predicted molar refractivity (Wildman–Crippen MR) is 69.3 cm³/mol. The first-order valence-corrected chi connectivity index (χ1v) is 7.44. The molecule has 0 bridgehead atoms. The number of hydrogen-bond donors (Lipinski definition) is 1. The lowest BCUT2D eigenvalue weighted by Gasteiger charge is -2.37. The van der Waals surface area contributed by atoms with Gasteiger partial charge >= 0.3 is 0 Å². The van der Waals surface area contributed by atoms with Crippen molar-refractivity contribution in [2.75, 3.05) is 19.8 Å². The van der Waals surface area contributed by atoms with Crippen molar-refractivity contribution in [1.29, 1.82) is 0 Å². The van der Waals surface area contributed by atoms with E-state index in [4.69, 9.17) is 4.74 Å². The van der Waals surface area contributed by atoms with Gasteiger partial charge in [-0.1, -0.05) is 0 Å². The molecule has 1 atom stereocenters. The van der Waals surface area contributed by atoms with Gasteiger partial charge in [-0.25, -0.2) is 4.98 Å².